The Bertz CT molecular complexity index is 187. The van der Waals surface area contributed by atoms with E-state index in [0.29, 0.717) is 12.8 Å². The Kier molecular flexibility index (Phi) is 1.67. The summed E-state index contributed by atoms with van der Waals surface area (Å²) >= 11 is 0. The Morgan fingerprint density at radius 1 is 1.82 bits per heavy atom. The van der Waals surface area contributed by atoms with Crippen molar-refractivity contribution in [3.63, 3.8) is 0 Å². The number of hydrogen-bond donors (Lipinski definition) is 2. The minimum atomic E-state index is -1.57. The lowest BCUT2D eigenvalue weighted by atomic mass is 9.94. The van der Waals surface area contributed by atoms with Gasteiger partial charge in [-0.3, -0.25) is 4.79 Å². The molecule has 4 heteroatoms. The fraction of sp³-hybridized carbons (Fsp3) is 0.857. The summed E-state index contributed by atoms with van der Waals surface area (Å²) in [4.78, 5) is 10.4. The van der Waals surface area contributed by atoms with Crippen molar-refractivity contribution in [3.8, 4) is 0 Å². The zero-order valence-corrected chi connectivity index (χ0v) is 6.43. The first-order valence-corrected chi connectivity index (χ1v) is 3.57. The van der Waals surface area contributed by atoms with Gasteiger partial charge >= 0.3 is 0 Å². The standard InChI is InChI=1S/C7H12FNO2/c1-6(11,4-5(9)10)7(8)2-3-7/h11H,2-4H2,1H3,(H2,9,10). The van der Waals surface area contributed by atoms with Crippen LogP contribution in [0.15, 0.2) is 0 Å². The molecular formula is C7H12FNO2. The van der Waals surface area contributed by atoms with E-state index in [1.807, 2.05) is 0 Å². The fourth-order valence-electron chi connectivity index (χ4n) is 1.15. The number of hydrogen-bond acceptors (Lipinski definition) is 2. The van der Waals surface area contributed by atoms with Gasteiger partial charge in [-0.1, -0.05) is 0 Å². The minimum Gasteiger partial charge on any atom is -0.386 e. The smallest absolute Gasteiger partial charge is 0.220 e. The largest absolute Gasteiger partial charge is 0.386 e. The van der Waals surface area contributed by atoms with Crippen molar-refractivity contribution in [2.75, 3.05) is 0 Å². The molecule has 3 N–H and O–H groups in total. The van der Waals surface area contributed by atoms with E-state index in [0.717, 1.165) is 0 Å². The molecule has 0 aromatic rings. The van der Waals surface area contributed by atoms with E-state index in [2.05, 4.69) is 0 Å². The lowest BCUT2D eigenvalue weighted by Gasteiger charge is -2.25. The summed E-state index contributed by atoms with van der Waals surface area (Å²) in [5, 5.41) is 9.41. The predicted octanol–water partition coefficient (Wildman–Crippen LogP) is 0.115. The van der Waals surface area contributed by atoms with Crippen LogP contribution in [0.5, 0.6) is 0 Å². The molecule has 0 aromatic carbocycles. The summed E-state index contributed by atoms with van der Waals surface area (Å²) in [6, 6.07) is 0. The molecule has 0 aromatic heterocycles. The second-order valence-electron chi connectivity index (χ2n) is 3.38. The highest BCUT2D eigenvalue weighted by Gasteiger charge is 2.57. The fourth-order valence-corrected chi connectivity index (χ4v) is 1.15. The quantitative estimate of drug-likeness (QED) is 0.617. The average Bonchev–Trinajstić information content (AvgIpc) is 2.44. The number of amides is 1. The first-order valence-electron chi connectivity index (χ1n) is 3.57. The summed E-state index contributed by atoms with van der Waals surface area (Å²) in [6.07, 6.45) is 0.351. The van der Waals surface area contributed by atoms with E-state index in [1.165, 1.54) is 6.92 Å². The van der Waals surface area contributed by atoms with E-state index in [9.17, 15) is 14.3 Å². The van der Waals surface area contributed by atoms with Crippen LogP contribution < -0.4 is 5.73 Å². The average molecular weight is 161 g/mol. The second-order valence-corrected chi connectivity index (χ2v) is 3.38. The number of primary amides is 1. The van der Waals surface area contributed by atoms with E-state index in [4.69, 9.17) is 5.73 Å². The van der Waals surface area contributed by atoms with Crippen LogP contribution in [0, 0.1) is 0 Å². The third-order valence-corrected chi connectivity index (χ3v) is 2.17. The molecule has 11 heavy (non-hydrogen) atoms. The lowest BCUT2D eigenvalue weighted by Crippen LogP contribution is -2.41. The molecule has 1 rings (SSSR count). The van der Waals surface area contributed by atoms with Gasteiger partial charge in [0, 0.05) is 0 Å². The molecule has 0 saturated heterocycles. The van der Waals surface area contributed by atoms with Gasteiger partial charge in [0.05, 0.1) is 6.42 Å². The monoisotopic (exact) mass is 161 g/mol. The number of aliphatic hydroxyl groups is 1. The molecule has 1 unspecified atom stereocenters. The molecule has 0 bridgehead atoms. The number of nitrogens with two attached hydrogens (primary N) is 1. The molecule has 1 aliphatic carbocycles. The van der Waals surface area contributed by atoms with Crippen LogP contribution in [0.25, 0.3) is 0 Å². The molecule has 3 nitrogen and oxygen atoms in total. The van der Waals surface area contributed by atoms with Crippen molar-refractivity contribution in [2.24, 2.45) is 5.73 Å². The van der Waals surface area contributed by atoms with Gasteiger partial charge < -0.3 is 10.8 Å². The van der Waals surface area contributed by atoms with Crippen molar-refractivity contribution in [3.05, 3.63) is 0 Å². The number of carbonyl (C=O) groups is 1. The van der Waals surface area contributed by atoms with E-state index < -0.39 is 17.2 Å². The summed E-state index contributed by atoms with van der Waals surface area (Å²) in [5.41, 5.74) is 1.70. The predicted molar refractivity (Wildman–Crippen MR) is 37.5 cm³/mol. The molecule has 1 atom stereocenters. The topological polar surface area (TPSA) is 63.3 Å². The summed E-state index contributed by atoms with van der Waals surface area (Å²) < 4.78 is 13.2. The minimum absolute atomic E-state index is 0.302. The van der Waals surface area contributed by atoms with Crippen molar-refractivity contribution in [2.45, 2.75) is 37.5 Å². The summed E-state index contributed by atoms with van der Waals surface area (Å²) in [7, 11) is 0. The van der Waals surface area contributed by atoms with Crippen molar-refractivity contribution in [1.29, 1.82) is 0 Å². The van der Waals surface area contributed by atoms with Gasteiger partial charge in [0.15, 0.2) is 0 Å². The maximum absolute atomic E-state index is 13.2. The van der Waals surface area contributed by atoms with Gasteiger partial charge in [0.2, 0.25) is 5.91 Å². The van der Waals surface area contributed by atoms with Crippen LogP contribution in [0.2, 0.25) is 0 Å². The third-order valence-electron chi connectivity index (χ3n) is 2.17. The van der Waals surface area contributed by atoms with Crippen molar-refractivity contribution >= 4 is 5.91 Å². The SMILES string of the molecule is CC(O)(CC(N)=O)C1(F)CC1. The van der Waals surface area contributed by atoms with Crippen molar-refractivity contribution < 1.29 is 14.3 Å². The molecule has 0 radical (unpaired) electrons. The number of rotatable bonds is 3. The van der Waals surface area contributed by atoms with Gasteiger partial charge in [0.25, 0.3) is 0 Å². The molecule has 1 aliphatic rings. The molecule has 0 spiro atoms. The Hall–Kier alpha value is -0.640. The third kappa shape index (κ3) is 1.50. The van der Waals surface area contributed by atoms with Gasteiger partial charge in [-0.15, -0.1) is 0 Å². The summed E-state index contributed by atoms with van der Waals surface area (Å²) in [5.74, 6) is -0.668. The first-order chi connectivity index (χ1) is 4.87. The maximum Gasteiger partial charge on any atom is 0.220 e. The van der Waals surface area contributed by atoms with Crippen LogP contribution >= 0.6 is 0 Å². The van der Waals surface area contributed by atoms with Gasteiger partial charge in [-0.05, 0) is 19.8 Å². The maximum atomic E-state index is 13.2. The van der Waals surface area contributed by atoms with Crippen LogP contribution in [0.1, 0.15) is 26.2 Å². The van der Waals surface area contributed by atoms with Gasteiger partial charge in [0.1, 0.15) is 11.3 Å². The van der Waals surface area contributed by atoms with Gasteiger partial charge in [-0.2, -0.15) is 0 Å². The molecule has 1 saturated carbocycles. The first kappa shape index (κ1) is 8.46. The molecule has 0 aliphatic heterocycles. The highest BCUT2D eigenvalue weighted by Crippen LogP contribution is 2.49. The van der Waals surface area contributed by atoms with Crippen LogP contribution in [-0.4, -0.2) is 22.3 Å². The molecule has 1 fully saturated rings. The Morgan fingerprint density at radius 3 is 2.55 bits per heavy atom. The van der Waals surface area contributed by atoms with Crippen LogP contribution in [-0.2, 0) is 4.79 Å². The normalized spacial score (nSPS) is 25.7. The van der Waals surface area contributed by atoms with E-state index in [1.54, 1.807) is 0 Å². The van der Waals surface area contributed by atoms with Crippen LogP contribution in [0.3, 0.4) is 0 Å². The zero-order valence-electron chi connectivity index (χ0n) is 6.43. The Morgan fingerprint density at radius 2 is 2.27 bits per heavy atom. The van der Waals surface area contributed by atoms with Crippen LogP contribution in [0.4, 0.5) is 4.39 Å². The second kappa shape index (κ2) is 2.17. The molecule has 0 heterocycles. The Labute approximate surface area is 64.4 Å². The number of alkyl halides is 1. The van der Waals surface area contributed by atoms with Crippen molar-refractivity contribution in [1.82, 2.24) is 0 Å². The Balaban J connectivity index is 2.59. The van der Waals surface area contributed by atoms with E-state index in [-0.39, 0.29) is 6.42 Å². The van der Waals surface area contributed by atoms with Gasteiger partial charge in [-0.25, -0.2) is 4.39 Å². The number of carbonyl (C=O) groups excluding carboxylic acids is 1. The lowest BCUT2D eigenvalue weighted by molar-refractivity contribution is -0.126. The molecule has 64 valence electrons. The highest BCUT2D eigenvalue weighted by atomic mass is 19.1. The van der Waals surface area contributed by atoms with E-state index >= 15 is 0 Å². The summed E-state index contributed by atoms with van der Waals surface area (Å²) in [6.45, 7) is 1.31. The molecule has 1 amide bonds. The highest BCUT2D eigenvalue weighted by molar-refractivity contribution is 5.75. The molecular weight excluding hydrogens is 149 g/mol. The zero-order chi connectivity index (χ0) is 8.70. The number of halogens is 1.